The zero-order chi connectivity index (χ0) is 15.0. The second-order valence-corrected chi connectivity index (χ2v) is 6.23. The standard InChI is InChI=1S/C19H29N/c1-5-17(14-20)11-7-9-12-18(15(2)3)19-13-8-6-10-16(19)4/h6,8,10,13,15,17-18H,5,7,9,11-12H2,1-4H3. The maximum atomic E-state index is 8.99. The number of unbranched alkanes of at least 4 members (excludes halogenated alkanes) is 1. The maximum Gasteiger partial charge on any atom is 0.0655 e. The van der Waals surface area contributed by atoms with Crippen molar-refractivity contribution in [1.29, 1.82) is 5.26 Å². The Hall–Kier alpha value is -1.29. The van der Waals surface area contributed by atoms with Crippen molar-refractivity contribution in [2.24, 2.45) is 11.8 Å². The van der Waals surface area contributed by atoms with E-state index < -0.39 is 0 Å². The van der Waals surface area contributed by atoms with Crippen LogP contribution in [0.2, 0.25) is 0 Å². The van der Waals surface area contributed by atoms with Gasteiger partial charge in [0.05, 0.1) is 6.07 Å². The predicted molar refractivity (Wildman–Crippen MR) is 86.6 cm³/mol. The molecule has 0 aliphatic carbocycles. The van der Waals surface area contributed by atoms with Gasteiger partial charge >= 0.3 is 0 Å². The van der Waals surface area contributed by atoms with Gasteiger partial charge in [-0.3, -0.25) is 0 Å². The van der Waals surface area contributed by atoms with Crippen LogP contribution < -0.4 is 0 Å². The lowest BCUT2D eigenvalue weighted by Crippen LogP contribution is -2.08. The van der Waals surface area contributed by atoms with Crippen LogP contribution in [0.1, 0.15) is 69.9 Å². The molecular formula is C19H29N. The molecule has 0 aromatic heterocycles. The molecule has 1 heteroatoms. The summed E-state index contributed by atoms with van der Waals surface area (Å²) in [6, 6.07) is 11.2. The third kappa shape index (κ3) is 5.00. The van der Waals surface area contributed by atoms with Crippen LogP contribution in [0.4, 0.5) is 0 Å². The number of benzene rings is 1. The van der Waals surface area contributed by atoms with E-state index >= 15 is 0 Å². The van der Waals surface area contributed by atoms with Crippen molar-refractivity contribution in [3.05, 3.63) is 35.4 Å². The second kappa shape index (κ2) is 8.80. The minimum absolute atomic E-state index is 0.256. The van der Waals surface area contributed by atoms with E-state index in [9.17, 15) is 0 Å². The second-order valence-electron chi connectivity index (χ2n) is 6.23. The summed E-state index contributed by atoms with van der Waals surface area (Å²) in [6.45, 7) is 8.97. The van der Waals surface area contributed by atoms with Gasteiger partial charge in [-0.05, 0) is 49.1 Å². The van der Waals surface area contributed by atoms with Gasteiger partial charge in [-0.25, -0.2) is 0 Å². The van der Waals surface area contributed by atoms with Crippen LogP contribution in [0.3, 0.4) is 0 Å². The van der Waals surface area contributed by atoms with Crippen LogP contribution in [0.15, 0.2) is 24.3 Å². The Balaban J connectivity index is 2.54. The molecule has 2 atom stereocenters. The van der Waals surface area contributed by atoms with Gasteiger partial charge in [-0.1, -0.05) is 57.9 Å². The number of hydrogen-bond acceptors (Lipinski definition) is 1. The maximum absolute atomic E-state index is 8.99. The molecule has 0 radical (unpaired) electrons. The summed E-state index contributed by atoms with van der Waals surface area (Å²) in [5.41, 5.74) is 2.92. The fraction of sp³-hybridized carbons (Fsp3) is 0.632. The molecule has 110 valence electrons. The quantitative estimate of drug-likeness (QED) is 0.544. The summed E-state index contributed by atoms with van der Waals surface area (Å²) in [4.78, 5) is 0. The number of nitrogens with zero attached hydrogens (tertiary/aromatic N) is 1. The lowest BCUT2D eigenvalue weighted by Gasteiger charge is -2.23. The lowest BCUT2D eigenvalue weighted by molar-refractivity contribution is 0.432. The highest BCUT2D eigenvalue weighted by atomic mass is 14.3. The fourth-order valence-electron chi connectivity index (χ4n) is 2.97. The van der Waals surface area contributed by atoms with Crippen molar-refractivity contribution in [3.8, 4) is 6.07 Å². The largest absolute Gasteiger partial charge is 0.198 e. The fourth-order valence-corrected chi connectivity index (χ4v) is 2.97. The number of hydrogen-bond donors (Lipinski definition) is 0. The lowest BCUT2D eigenvalue weighted by atomic mass is 9.82. The molecular weight excluding hydrogens is 242 g/mol. The number of aryl methyl sites for hydroxylation is 1. The number of rotatable bonds is 8. The SMILES string of the molecule is CCC(C#N)CCCCC(c1ccccc1C)C(C)C. The highest BCUT2D eigenvalue weighted by Gasteiger charge is 2.17. The minimum atomic E-state index is 0.256. The first kappa shape index (κ1) is 16.8. The van der Waals surface area contributed by atoms with E-state index in [1.807, 2.05) is 0 Å². The average Bonchev–Trinajstić information content (AvgIpc) is 2.44. The highest BCUT2D eigenvalue weighted by molar-refractivity contribution is 5.29. The van der Waals surface area contributed by atoms with E-state index in [0.29, 0.717) is 11.8 Å². The molecule has 0 aliphatic heterocycles. The van der Waals surface area contributed by atoms with Crippen molar-refractivity contribution in [3.63, 3.8) is 0 Å². The van der Waals surface area contributed by atoms with E-state index in [4.69, 9.17) is 5.26 Å². The Morgan fingerprint density at radius 2 is 1.75 bits per heavy atom. The Kier molecular flexibility index (Phi) is 7.37. The normalized spacial score (nSPS) is 14.0. The van der Waals surface area contributed by atoms with Gasteiger partial charge in [0.2, 0.25) is 0 Å². The van der Waals surface area contributed by atoms with E-state index in [2.05, 4.69) is 58.0 Å². The van der Waals surface area contributed by atoms with Crippen LogP contribution in [0.5, 0.6) is 0 Å². The summed E-state index contributed by atoms with van der Waals surface area (Å²) >= 11 is 0. The molecule has 0 aliphatic rings. The van der Waals surface area contributed by atoms with Crippen molar-refractivity contribution in [1.82, 2.24) is 0 Å². The molecule has 0 fully saturated rings. The summed E-state index contributed by atoms with van der Waals surface area (Å²) < 4.78 is 0. The molecule has 1 rings (SSSR count). The van der Waals surface area contributed by atoms with Gasteiger partial charge in [0.1, 0.15) is 0 Å². The third-order valence-electron chi connectivity index (χ3n) is 4.39. The Bertz CT molecular complexity index is 428. The smallest absolute Gasteiger partial charge is 0.0655 e. The molecule has 1 aromatic carbocycles. The Labute approximate surface area is 125 Å². The van der Waals surface area contributed by atoms with Gasteiger partial charge in [-0.2, -0.15) is 5.26 Å². The summed E-state index contributed by atoms with van der Waals surface area (Å²) in [5.74, 6) is 1.58. The van der Waals surface area contributed by atoms with E-state index in [-0.39, 0.29) is 5.92 Å². The first-order valence-electron chi connectivity index (χ1n) is 8.05. The molecule has 0 bridgehead atoms. The molecule has 0 amide bonds. The molecule has 0 heterocycles. The molecule has 0 saturated carbocycles. The molecule has 0 saturated heterocycles. The van der Waals surface area contributed by atoms with Crippen molar-refractivity contribution < 1.29 is 0 Å². The summed E-state index contributed by atoms with van der Waals surface area (Å²) in [6.07, 6.45) is 5.70. The van der Waals surface area contributed by atoms with Gasteiger partial charge in [-0.15, -0.1) is 0 Å². The summed E-state index contributed by atoms with van der Waals surface area (Å²) in [7, 11) is 0. The molecule has 20 heavy (non-hydrogen) atoms. The van der Waals surface area contributed by atoms with Crippen LogP contribution in [-0.2, 0) is 0 Å². The predicted octanol–water partition coefficient (Wildman–Crippen LogP) is 5.84. The van der Waals surface area contributed by atoms with Crippen molar-refractivity contribution in [2.45, 2.75) is 65.7 Å². The van der Waals surface area contributed by atoms with Crippen molar-refractivity contribution in [2.75, 3.05) is 0 Å². The Morgan fingerprint density at radius 1 is 1.10 bits per heavy atom. The first-order valence-corrected chi connectivity index (χ1v) is 8.05. The topological polar surface area (TPSA) is 23.8 Å². The third-order valence-corrected chi connectivity index (χ3v) is 4.39. The van der Waals surface area contributed by atoms with Crippen LogP contribution >= 0.6 is 0 Å². The Morgan fingerprint density at radius 3 is 2.30 bits per heavy atom. The van der Waals surface area contributed by atoms with Crippen LogP contribution in [-0.4, -0.2) is 0 Å². The van der Waals surface area contributed by atoms with E-state index in [1.165, 1.54) is 30.4 Å². The highest BCUT2D eigenvalue weighted by Crippen LogP contribution is 2.32. The molecule has 1 nitrogen and oxygen atoms in total. The minimum Gasteiger partial charge on any atom is -0.198 e. The van der Waals surface area contributed by atoms with Crippen LogP contribution in [0.25, 0.3) is 0 Å². The number of nitriles is 1. The zero-order valence-corrected chi connectivity index (χ0v) is 13.5. The zero-order valence-electron chi connectivity index (χ0n) is 13.5. The first-order chi connectivity index (χ1) is 9.60. The van der Waals surface area contributed by atoms with E-state index in [1.54, 1.807) is 0 Å². The molecule has 2 unspecified atom stereocenters. The van der Waals surface area contributed by atoms with Crippen molar-refractivity contribution >= 4 is 0 Å². The summed E-state index contributed by atoms with van der Waals surface area (Å²) in [5, 5.41) is 8.99. The van der Waals surface area contributed by atoms with Crippen LogP contribution in [0, 0.1) is 30.1 Å². The molecule has 0 spiro atoms. The van der Waals surface area contributed by atoms with Gasteiger partial charge in [0.15, 0.2) is 0 Å². The van der Waals surface area contributed by atoms with Gasteiger partial charge < -0.3 is 0 Å². The van der Waals surface area contributed by atoms with Gasteiger partial charge in [0, 0.05) is 5.92 Å². The monoisotopic (exact) mass is 271 g/mol. The molecule has 1 aromatic rings. The average molecular weight is 271 g/mol. The van der Waals surface area contributed by atoms with E-state index in [0.717, 1.165) is 12.8 Å². The van der Waals surface area contributed by atoms with Gasteiger partial charge in [0.25, 0.3) is 0 Å². The molecule has 0 N–H and O–H groups in total.